The molecule has 31 heavy (non-hydrogen) atoms. The summed E-state index contributed by atoms with van der Waals surface area (Å²) >= 11 is 0. The van der Waals surface area contributed by atoms with E-state index in [1.807, 2.05) is 0 Å². The average Bonchev–Trinajstić information content (AvgIpc) is 3.20. The molecule has 0 saturated carbocycles. The Morgan fingerprint density at radius 3 is 2.81 bits per heavy atom. The van der Waals surface area contributed by atoms with Crippen LogP contribution in [0.4, 0.5) is 11.5 Å². The van der Waals surface area contributed by atoms with Gasteiger partial charge in [-0.15, -0.1) is 4.68 Å². The van der Waals surface area contributed by atoms with Gasteiger partial charge < -0.3 is 20.7 Å². The lowest BCUT2D eigenvalue weighted by Gasteiger charge is -2.16. The zero-order valence-corrected chi connectivity index (χ0v) is 16.7. The van der Waals surface area contributed by atoms with Crippen LogP contribution >= 0.6 is 0 Å². The maximum absolute atomic E-state index is 12.0. The van der Waals surface area contributed by atoms with Crippen LogP contribution in [-0.4, -0.2) is 33.1 Å². The first-order valence-corrected chi connectivity index (χ1v) is 9.56. The number of nitro groups is 1. The van der Waals surface area contributed by atoms with Crippen LogP contribution in [0, 0.1) is 10.1 Å². The highest BCUT2D eigenvalue weighted by atomic mass is 16.6. The van der Waals surface area contributed by atoms with Gasteiger partial charge in [0.15, 0.2) is 0 Å². The number of hydrogen-bond donors (Lipinski definition) is 2. The average molecular weight is 417 g/mol. The Hall–Kier alpha value is -4.27. The number of fused-ring (bicyclic) bond motifs is 1. The molecule has 2 aromatic carbocycles. The molecule has 1 aliphatic heterocycles. The summed E-state index contributed by atoms with van der Waals surface area (Å²) in [5, 5.41) is 21.3. The minimum absolute atomic E-state index is 0.147. The topological polar surface area (TPSA) is 119 Å². The van der Waals surface area contributed by atoms with Gasteiger partial charge in [-0.3, -0.25) is 9.59 Å². The van der Waals surface area contributed by atoms with Crippen molar-refractivity contribution in [1.82, 2.24) is 15.1 Å². The molecule has 9 heteroatoms. The normalized spacial score (nSPS) is 12.6. The van der Waals surface area contributed by atoms with E-state index in [0.29, 0.717) is 46.6 Å². The monoisotopic (exact) mass is 417 g/mol. The van der Waals surface area contributed by atoms with Crippen LogP contribution in [0.5, 0.6) is 0 Å². The standard InChI is InChI=1S/C22H19N5O4/c1-13(2)21(28)24-16-4-3-5-17(11-16)26-12-19(20(25-26)27(30)31)14-6-7-18-15(10-14)8-9-23-22(18)29/h3-7,10-12H,1,8-9H2,2H3,(H,23,29)(H,24,28). The summed E-state index contributed by atoms with van der Waals surface area (Å²) in [6.45, 7) is 5.73. The van der Waals surface area contributed by atoms with Crippen LogP contribution in [0.2, 0.25) is 0 Å². The van der Waals surface area contributed by atoms with E-state index < -0.39 is 4.92 Å². The molecule has 0 unspecified atom stereocenters. The molecule has 0 bridgehead atoms. The van der Waals surface area contributed by atoms with E-state index in [4.69, 9.17) is 0 Å². The molecule has 0 spiro atoms. The lowest BCUT2D eigenvalue weighted by atomic mass is 9.96. The number of benzene rings is 2. The Labute approximate surface area is 177 Å². The van der Waals surface area contributed by atoms with Gasteiger partial charge in [0.25, 0.3) is 11.8 Å². The Morgan fingerprint density at radius 2 is 2.06 bits per heavy atom. The van der Waals surface area contributed by atoms with Gasteiger partial charge in [-0.05, 0) is 59.7 Å². The largest absolute Gasteiger partial charge is 0.398 e. The number of anilines is 1. The quantitative estimate of drug-likeness (QED) is 0.375. The number of nitrogens with zero attached hydrogens (tertiary/aromatic N) is 3. The van der Waals surface area contributed by atoms with Crippen LogP contribution in [0.25, 0.3) is 16.8 Å². The lowest BCUT2D eigenvalue weighted by Crippen LogP contribution is -2.31. The van der Waals surface area contributed by atoms with Gasteiger partial charge in [0, 0.05) is 23.4 Å². The smallest absolute Gasteiger partial charge is 0.358 e. The fourth-order valence-electron chi connectivity index (χ4n) is 3.40. The molecule has 2 N–H and O–H groups in total. The van der Waals surface area contributed by atoms with Crippen molar-refractivity contribution < 1.29 is 14.5 Å². The zero-order valence-electron chi connectivity index (χ0n) is 16.7. The summed E-state index contributed by atoms with van der Waals surface area (Å²) < 4.78 is 1.40. The van der Waals surface area contributed by atoms with Gasteiger partial charge >= 0.3 is 5.82 Å². The highest BCUT2D eigenvalue weighted by molar-refractivity contribution is 6.03. The summed E-state index contributed by atoms with van der Waals surface area (Å²) in [5.74, 6) is -0.759. The summed E-state index contributed by atoms with van der Waals surface area (Å²) in [6.07, 6.45) is 2.23. The first kappa shape index (κ1) is 20.0. The van der Waals surface area contributed by atoms with E-state index in [0.717, 1.165) is 5.56 Å². The van der Waals surface area contributed by atoms with Gasteiger partial charge in [-0.2, -0.15) is 0 Å². The summed E-state index contributed by atoms with van der Waals surface area (Å²) in [7, 11) is 0. The minimum Gasteiger partial charge on any atom is -0.358 e. The third kappa shape index (κ3) is 3.93. The van der Waals surface area contributed by atoms with E-state index in [-0.39, 0.29) is 17.6 Å². The van der Waals surface area contributed by atoms with Crippen molar-refractivity contribution in [3.63, 3.8) is 0 Å². The second kappa shape index (κ2) is 7.86. The zero-order chi connectivity index (χ0) is 22.1. The van der Waals surface area contributed by atoms with Crippen LogP contribution in [-0.2, 0) is 11.2 Å². The molecule has 9 nitrogen and oxygen atoms in total. The molecule has 4 rings (SSSR count). The Bertz CT molecular complexity index is 1240. The van der Waals surface area contributed by atoms with E-state index in [9.17, 15) is 19.7 Å². The van der Waals surface area contributed by atoms with Crippen LogP contribution in [0.1, 0.15) is 22.8 Å². The van der Waals surface area contributed by atoms with Crippen LogP contribution < -0.4 is 10.6 Å². The van der Waals surface area contributed by atoms with Crippen LogP contribution in [0.3, 0.4) is 0 Å². The van der Waals surface area contributed by atoms with Crippen molar-refractivity contribution >= 4 is 23.3 Å². The SMILES string of the molecule is C=C(C)C(=O)Nc1cccc(-n2cc(-c3ccc4c(c3)CCNC4=O)c([N+](=O)[O-])n2)c1. The number of aromatic nitrogens is 2. The molecular weight excluding hydrogens is 398 g/mol. The van der Waals surface area contributed by atoms with Gasteiger partial charge in [-0.1, -0.05) is 18.7 Å². The number of carbonyl (C=O) groups excluding carboxylic acids is 2. The molecule has 3 aromatic rings. The Balaban J connectivity index is 1.74. The minimum atomic E-state index is -0.537. The number of nitrogens with one attached hydrogen (secondary N) is 2. The molecule has 0 saturated heterocycles. The number of amides is 2. The highest BCUT2D eigenvalue weighted by Crippen LogP contribution is 2.32. The molecule has 1 aromatic heterocycles. The molecule has 0 radical (unpaired) electrons. The third-order valence-corrected chi connectivity index (χ3v) is 4.96. The molecule has 1 aliphatic rings. The fourth-order valence-corrected chi connectivity index (χ4v) is 3.40. The molecule has 2 amide bonds. The van der Waals surface area contributed by atoms with Gasteiger partial charge in [0.05, 0.1) is 17.0 Å². The maximum atomic E-state index is 12.0. The van der Waals surface area contributed by atoms with E-state index in [1.54, 1.807) is 55.6 Å². The van der Waals surface area contributed by atoms with E-state index in [2.05, 4.69) is 22.3 Å². The molecule has 0 aliphatic carbocycles. The second-order valence-electron chi connectivity index (χ2n) is 7.23. The third-order valence-electron chi connectivity index (χ3n) is 4.96. The molecule has 2 heterocycles. The highest BCUT2D eigenvalue weighted by Gasteiger charge is 2.25. The Kier molecular flexibility index (Phi) is 5.08. The van der Waals surface area contributed by atoms with Crippen molar-refractivity contribution in [2.24, 2.45) is 0 Å². The van der Waals surface area contributed by atoms with Crippen molar-refractivity contribution in [2.75, 3.05) is 11.9 Å². The molecule has 0 atom stereocenters. The van der Waals surface area contributed by atoms with E-state index >= 15 is 0 Å². The van der Waals surface area contributed by atoms with Crippen molar-refractivity contribution in [1.29, 1.82) is 0 Å². The van der Waals surface area contributed by atoms with Crippen molar-refractivity contribution in [3.8, 4) is 16.8 Å². The number of hydrogen-bond acceptors (Lipinski definition) is 5. The molecule has 0 fully saturated rings. The predicted octanol–water partition coefficient (Wildman–Crippen LogP) is 3.25. The summed E-state index contributed by atoms with van der Waals surface area (Å²) in [6, 6.07) is 12.0. The van der Waals surface area contributed by atoms with Gasteiger partial charge in [0.2, 0.25) is 0 Å². The van der Waals surface area contributed by atoms with Crippen molar-refractivity contribution in [2.45, 2.75) is 13.3 Å². The first-order valence-electron chi connectivity index (χ1n) is 9.56. The second-order valence-corrected chi connectivity index (χ2v) is 7.23. The lowest BCUT2D eigenvalue weighted by molar-refractivity contribution is -0.389. The fraction of sp³-hybridized carbons (Fsp3) is 0.136. The Morgan fingerprint density at radius 1 is 1.26 bits per heavy atom. The summed E-state index contributed by atoms with van der Waals surface area (Å²) in [5.41, 5.74) is 3.80. The number of rotatable bonds is 5. The predicted molar refractivity (Wildman–Crippen MR) is 115 cm³/mol. The molecular formula is C22H19N5O4. The first-order chi connectivity index (χ1) is 14.8. The van der Waals surface area contributed by atoms with Crippen LogP contribution in [0.15, 0.2) is 60.8 Å². The summed E-state index contributed by atoms with van der Waals surface area (Å²) in [4.78, 5) is 35.0. The van der Waals surface area contributed by atoms with Gasteiger partial charge in [0.1, 0.15) is 5.56 Å². The molecule has 156 valence electrons. The van der Waals surface area contributed by atoms with E-state index in [1.165, 1.54) is 4.68 Å². The number of carbonyl (C=O) groups is 2. The van der Waals surface area contributed by atoms with Crippen molar-refractivity contribution in [3.05, 3.63) is 82.1 Å². The maximum Gasteiger partial charge on any atom is 0.398 e. The van der Waals surface area contributed by atoms with Gasteiger partial charge in [-0.25, -0.2) is 0 Å².